The van der Waals surface area contributed by atoms with E-state index in [4.69, 9.17) is 0 Å². The fourth-order valence-corrected chi connectivity index (χ4v) is 4.40. The molecule has 5 aromatic rings. The molecule has 0 aliphatic rings. The SMILES string of the molecule is Fc1ccc(-c2nnc(SCc3nc4ccccc4n3C(F)F)n2-c2ccc(F)cc2)cc1. The van der Waals surface area contributed by atoms with Crippen LogP contribution in [0.15, 0.2) is 78.0 Å². The Hall–Kier alpha value is -3.66. The monoisotopic (exact) mass is 469 g/mol. The molecule has 0 atom stereocenters. The Kier molecular flexibility index (Phi) is 5.59. The maximum Gasteiger partial charge on any atom is 0.320 e. The van der Waals surface area contributed by atoms with E-state index in [1.54, 1.807) is 53.1 Å². The van der Waals surface area contributed by atoms with Crippen LogP contribution >= 0.6 is 11.8 Å². The fourth-order valence-electron chi connectivity index (χ4n) is 3.52. The number of aromatic nitrogens is 5. The number of para-hydroxylation sites is 2. The van der Waals surface area contributed by atoms with Crippen LogP contribution in [0.1, 0.15) is 12.4 Å². The smallest absolute Gasteiger partial charge is 0.270 e. The summed E-state index contributed by atoms with van der Waals surface area (Å²) in [5.41, 5.74) is 1.99. The van der Waals surface area contributed by atoms with Gasteiger partial charge in [-0.3, -0.25) is 9.13 Å². The van der Waals surface area contributed by atoms with Gasteiger partial charge in [-0.25, -0.2) is 13.8 Å². The number of fused-ring (bicyclic) bond motifs is 1. The van der Waals surface area contributed by atoms with Crippen LogP contribution in [0.3, 0.4) is 0 Å². The first-order chi connectivity index (χ1) is 16.0. The van der Waals surface area contributed by atoms with E-state index in [1.165, 1.54) is 36.0 Å². The first-order valence-electron chi connectivity index (χ1n) is 9.85. The second kappa shape index (κ2) is 8.70. The maximum atomic E-state index is 13.8. The van der Waals surface area contributed by atoms with E-state index in [0.717, 1.165) is 4.57 Å². The zero-order chi connectivity index (χ0) is 22.9. The van der Waals surface area contributed by atoms with Crippen molar-refractivity contribution in [1.29, 1.82) is 0 Å². The van der Waals surface area contributed by atoms with Crippen molar-refractivity contribution < 1.29 is 17.6 Å². The molecule has 10 heteroatoms. The predicted octanol–water partition coefficient (Wildman–Crippen LogP) is 6.25. The summed E-state index contributed by atoms with van der Waals surface area (Å²) in [6.45, 7) is -2.75. The third kappa shape index (κ3) is 4.09. The standard InChI is InChI=1S/C23H15F4N5S/c24-15-7-5-14(6-8-15)21-29-30-23(31(21)17-11-9-16(25)10-12-17)33-13-20-28-18-3-1-2-4-19(18)32(20)22(26)27/h1-12,22H,13H2. The van der Waals surface area contributed by atoms with Crippen molar-refractivity contribution in [3.8, 4) is 17.1 Å². The molecule has 0 saturated heterocycles. The highest BCUT2D eigenvalue weighted by molar-refractivity contribution is 7.98. The minimum absolute atomic E-state index is 0.0990. The lowest BCUT2D eigenvalue weighted by Gasteiger charge is -2.11. The molecule has 5 rings (SSSR count). The second-order valence-corrected chi connectivity index (χ2v) is 8.02. The molecular formula is C23H15F4N5S. The van der Waals surface area contributed by atoms with Gasteiger partial charge in [0.25, 0.3) is 0 Å². The topological polar surface area (TPSA) is 48.5 Å². The Morgan fingerprint density at radius 2 is 1.48 bits per heavy atom. The van der Waals surface area contributed by atoms with E-state index in [1.807, 2.05) is 0 Å². The molecule has 2 heterocycles. The van der Waals surface area contributed by atoms with Crippen molar-refractivity contribution in [3.05, 3.63) is 90.3 Å². The zero-order valence-electron chi connectivity index (χ0n) is 16.9. The largest absolute Gasteiger partial charge is 0.320 e. The van der Waals surface area contributed by atoms with E-state index in [-0.39, 0.29) is 11.6 Å². The highest BCUT2D eigenvalue weighted by atomic mass is 32.2. The number of hydrogen-bond acceptors (Lipinski definition) is 4. The summed E-state index contributed by atoms with van der Waals surface area (Å²) >= 11 is 1.17. The third-order valence-corrected chi connectivity index (χ3v) is 5.94. The fraction of sp³-hybridized carbons (Fsp3) is 0.0870. The molecule has 5 nitrogen and oxygen atoms in total. The number of alkyl halides is 2. The van der Waals surface area contributed by atoms with Crippen LogP contribution in [-0.2, 0) is 5.75 Å². The van der Waals surface area contributed by atoms with E-state index >= 15 is 0 Å². The predicted molar refractivity (Wildman–Crippen MR) is 117 cm³/mol. The average Bonchev–Trinajstić information content (AvgIpc) is 3.40. The first kappa shape index (κ1) is 21.2. The number of nitrogens with zero attached hydrogens (tertiary/aromatic N) is 5. The Bertz CT molecular complexity index is 1410. The molecule has 0 N–H and O–H groups in total. The van der Waals surface area contributed by atoms with E-state index < -0.39 is 18.2 Å². The summed E-state index contributed by atoms with van der Waals surface area (Å²) in [4.78, 5) is 4.35. The average molecular weight is 469 g/mol. The van der Waals surface area contributed by atoms with Crippen LogP contribution in [0, 0.1) is 11.6 Å². The van der Waals surface area contributed by atoms with Gasteiger partial charge in [0.1, 0.15) is 17.5 Å². The summed E-state index contributed by atoms with van der Waals surface area (Å²) in [5.74, 6) is -0.108. The van der Waals surface area contributed by atoms with Crippen LogP contribution in [0.2, 0.25) is 0 Å². The highest BCUT2D eigenvalue weighted by Gasteiger charge is 2.21. The molecule has 166 valence electrons. The molecule has 0 spiro atoms. The van der Waals surface area contributed by atoms with Crippen LogP contribution < -0.4 is 0 Å². The Morgan fingerprint density at radius 1 is 0.818 bits per heavy atom. The van der Waals surface area contributed by atoms with Crippen molar-refractivity contribution in [2.75, 3.05) is 0 Å². The summed E-state index contributed by atoms with van der Waals surface area (Å²) in [7, 11) is 0. The molecule has 0 amide bonds. The van der Waals surface area contributed by atoms with E-state index in [0.29, 0.717) is 33.3 Å². The lowest BCUT2D eigenvalue weighted by atomic mass is 10.2. The van der Waals surface area contributed by atoms with Crippen LogP contribution in [0.4, 0.5) is 17.6 Å². The Morgan fingerprint density at radius 3 is 2.18 bits per heavy atom. The molecule has 0 aliphatic heterocycles. The molecule has 33 heavy (non-hydrogen) atoms. The summed E-state index contributed by atoms with van der Waals surface area (Å²) in [6, 6.07) is 18.1. The second-order valence-electron chi connectivity index (χ2n) is 7.08. The van der Waals surface area contributed by atoms with Crippen molar-refractivity contribution in [1.82, 2.24) is 24.3 Å². The van der Waals surface area contributed by atoms with Gasteiger partial charge in [0.05, 0.1) is 16.8 Å². The molecule has 0 fully saturated rings. The van der Waals surface area contributed by atoms with E-state index in [2.05, 4.69) is 15.2 Å². The normalized spacial score (nSPS) is 11.5. The zero-order valence-corrected chi connectivity index (χ0v) is 17.7. The van der Waals surface area contributed by atoms with Gasteiger partial charge in [-0.15, -0.1) is 10.2 Å². The van der Waals surface area contributed by atoms with Gasteiger partial charge >= 0.3 is 6.55 Å². The summed E-state index contributed by atoms with van der Waals surface area (Å²) < 4.78 is 57.0. The third-order valence-electron chi connectivity index (χ3n) is 5.02. The number of halogens is 4. The van der Waals surface area contributed by atoms with Gasteiger partial charge in [0.15, 0.2) is 11.0 Å². The Balaban J connectivity index is 1.55. The van der Waals surface area contributed by atoms with Gasteiger partial charge < -0.3 is 0 Å². The molecule has 0 bridgehead atoms. The molecule has 0 aliphatic carbocycles. The van der Waals surface area contributed by atoms with Crippen LogP contribution in [-0.4, -0.2) is 24.3 Å². The van der Waals surface area contributed by atoms with Gasteiger partial charge in [-0.1, -0.05) is 23.9 Å². The number of thioether (sulfide) groups is 1. The molecule has 0 saturated carbocycles. The van der Waals surface area contributed by atoms with E-state index in [9.17, 15) is 17.6 Å². The lowest BCUT2D eigenvalue weighted by Crippen LogP contribution is -2.04. The molecule has 0 radical (unpaired) electrons. The van der Waals surface area contributed by atoms with Gasteiger partial charge in [0, 0.05) is 11.3 Å². The molecule has 3 aromatic carbocycles. The molecule has 2 aromatic heterocycles. The van der Waals surface area contributed by atoms with Gasteiger partial charge in [0.2, 0.25) is 0 Å². The molecule has 0 unspecified atom stereocenters. The van der Waals surface area contributed by atoms with Crippen LogP contribution in [0.5, 0.6) is 0 Å². The van der Waals surface area contributed by atoms with Crippen molar-refractivity contribution in [2.24, 2.45) is 0 Å². The summed E-state index contributed by atoms with van der Waals surface area (Å²) in [5, 5.41) is 8.85. The molecular weight excluding hydrogens is 454 g/mol. The van der Waals surface area contributed by atoms with Gasteiger partial charge in [-0.05, 0) is 60.7 Å². The number of imidazole rings is 1. The summed E-state index contributed by atoms with van der Waals surface area (Å²) in [6.07, 6.45) is 0. The minimum atomic E-state index is -2.75. The van der Waals surface area contributed by atoms with Crippen molar-refractivity contribution >= 4 is 22.8 Å². The number of rotatable bonds is 6. The highest BCUT2D eigenvalue weighted by Crippen LogP contribution is 2.32. The van der Waals surface area contributed by atoms with Crippen molar-refractivity contribution in [3.63, 3.8) is 0 Å². The van der Waals surface area contributed by atoms with Crippen molar-refractivity contribution in [2.45, 2.75) is 17.5 Å². The first-order valence-corrected chi connectivity index (χ1v) is 10.8. The quantitative estimate of drug-likeness (QED) is 0.218. The van der Waals surface area contributed by atoms with Gasteiger partial charge in [-0.2, -0.15) is 8.78 Å². The minimum Gasteiger partial charge on any atom is -0.270 e. The maximum absolute atomic E-state index is 13.8. The number of hydrogen-bond donors (Lipinski definition) is 0. The lowest BCUT2D eigenvalue weighted by molar-refractivity contribution is 0.0722. The Labute approximate surface area is 189 Å². The number of benzene rings is 3. The van der Waals surface area contributed by atoms with Crippen LogP contribution in [0.25, 0.3) is 28.1 Å².